The van der Waals surface area contributed by atoms with Gasteiger partial charge in [-0.2, -0.15) is 13.2 Å². The molecule has 1 aromatic rings. The number of hydrogen-bond acceptors (Lipinski definition) is 3. The molecule has 0 radical (unpaired) electrons. The summed E-state index contributed by atoms with van der Waals surface area (Å²) in [5, 5.41) is 10.4. The van der Waals surface area contributed by atoms with Crippen LogP contribution in [0, 0.1) is 5.92 Å². The molecule has 0 bridgehead atoms. The molecule has 1 N–H and O–H groups in total. The van der Waals surface area contributed by atoms with Gasteiger partial charge in [0.1, 0.15) is 0 Å². The van der Waals surface area contributed by atoms with E-state index in [1.54, 1.807) is 6.07 Å². The second kappa shape index (κ2) is 6.03. The number of rotatable bonds is 5. The highest BCUT2D eigenvalue weighted by Gasteiger charge is 2.45. The first-order chi connectivity index (χ1) is 8.20. The summed E-state index contributed by atoms with van der Waals surface area (Å²) in [4.78, 5) is 11.9. The number of carboxylic acids is 1. The molecule has 0 fully saturated rings. The summed E-state index contributed by atoms with van der Waals surface area (Å²) in [5.74, 6) is -4.20. The Morgan fingerprint density at radius 2 is 2.22 bits per heavy atom. The van der Waals surface area contributed by atoms with Crippen molar-refractivity contribution in [3.05, 3.63) is 20.8 Å². The van der Waals surface area contributed by atoms with E-state index in [1.165, 1.54) is 23.3 Å². The number of aliphatic carboxylic acids is 1. The smallest absolute Gasteiger partial charge is 0.403 e. The van der Waals surface area contributed by atoms with Crippen LogP contribution in [0.1, 0.15) is 5.56 Å². The van der Waals surface area contributed by atoms with Gasteiger partial charge < -0.3 is 10.0 Å². The molecule has 0 saturated heterocycles. The molecule has 102 valence electrons. The number of thiophene rings is 1. The molecule has 0 amide bonds. The van der Waals surface area contributed by atoms with Gasteiger partial charge in [0, 0.05) is 13.1 Å². The van der Waals surface area contributed by atoms with Gasteiger partial charge in [-0.05, 0) is 40.0 Å². The average molecular weight is 346 g/mol. The first-order valence-electron chi connectivity index (χ1n) is 4.91. The van der Waals surface area contributed by atoms with Gasteiger partial charge in [0.2, 0.25) is 0 Å². The Morgan fingerprint density at radius 1 is 1.61 bits per heavy atom. The number of halogens is 4. The Hall–Kier alpha value is -0.600. The van der Waals surface area contributed by atoms with Gasteiger partial charge >= 0.3 is 12.1 Å². The molecule has 0 aromatic carbocycles. The lowest BCUT2D eigenvalue weighted by Gasteiger charge is -2.22. The molecule has 18 heavy (non-hydrogen) atoms. The lowest BCUT2D eigenvalue weighted by atomic mass is 10.1. The second-order valence-electron chi connectivity index (χ2n) is 3.89. The van der Waals surface area contributed by atoms with Crippen molar-refractivity contribution < 1.29 is 23.1 Å². The number of nitrogens with zero attached hydrogens (tertiary/aromatic N) is 1. The highest BCUT2D eigenvalue weighted by molar-refractivity contribution is 9.11. The maximum atomic E-state index is 12.5. The Labute approximate surface area is 114 Å². The standard InChI is InChI=1S/C10H11BrF3NO2S/c1-15(3-6-2-8(11)18-5-6)4-7(9(16)17)10(12,13)14/h2,5,7H,3-4H2,1H3,(H,16,17). The fourth-order valence-corrected chi connectivity index (χ4v) is 2.64. The molecule has 0 aliphatic heterocycles. The molecule has 1 heterocycles. The quantitative estimate of drug-likeness (QED) is 0.890. The normalized spacial score (nSPS) is 13.9. The SMILES string of the molecule is CN(Cc1csc(Br)c1)CC(C(=O)O)C(F)(F)F. The van der Waals surface area contributed by atoms with E-state index >= 15 is 0 Å². The van der Waals surface area contributed by atoms with Crippen LogP contribution in [0.15, 0.2) is 15.2 Å². The van der Waals surface area contributed by atoms with Crippen LogP contribution in [0.3, 0.4) is 0 Å². The van der Waals surface area contributed by atoms with E-state index in [4.69, 9.17) is 5.11 Å². The third-order valence-corrected chi connectivity index (χ3v) is 3.81. The Morgan fingerprint density at radius 3 is 2.61 bits per heavy atom. The molecule has 1 unspecified atom stereocenters. The van der Waals surface area contributed by atoms with Gasteiger partial charge in [-0.3, -0.25) is 4.79 Å². The van der Waals surface area contributed by atoms with Crippen LogP contribution in [-0.2, 0) is 11.3 Å². The van der Waals surface area contributed by atoms with E-state index in [-0.39, 0.29) is 6.54 Å². The van der Waals surface area contributed by atoms with Crippen LogP contribution in [0.5, 0.6) is 0 Å². The fourth-order valence-electron chi connectivity index (χ4n) is 1.44. The predicted molar refractivity (Wildman–Crippen MR) is 65.5 cm³/mol. The lowest BCUT2D eigenvalue weighted by Crippen LogP contribution is -2.39. The molecule has 0 aliphatic carbocycles. The highest BCUT2D eigenvalue weighted by atomic mass is 79.9. The number of hydrogen-bond donors (Lipinski definition) is 1. The molecule has 8 heteroatoms. The molecular formula is C10H11BrF3NO2S. The zero-order chi connectivity index (χ0) is 13.9. The van der Waals surface area contributed by atoms with E-state index in [1.807, 2.05) is 5.38 Å². The topological polar surface area (TPSA) is 40.5 Å². The van der Waals surface area contributed by atoms with Crippen LogP contribution in [0.2, 0.25) is 0 Å². The Kier molecular flexibility index (Phi) is 5.18. The summed E-state index contributed by atoms with van der Waals surface area (Å²) >= 11 is 4.68. The summed E-state index contributed by atoms with van der Waals surface area (Å²) in [6.07, 6.45) is -4.73. The summed E-state index contributed by atoms with van der Waals surface area (Å²) in [6, 6.07) is 1.80. The molecule has 3 nitrogen and oxygen atoms in total. The third-order valence-electron chi connectivity index (χ3n) is 2.26. The molecule has 1 rings (SSSR count). The van der Waals surface area contributed by atoms with Crippen molar-refractivity contribution in [2.75, 3.05) is 13.6 Å². The second-order valence-corrected chi connectivity index (χ2v) is 6.18. The van der Waals surface area contributed by atoms with Crippen molar-refractivity contribution in [3.8, 4) is 0 Å². The van der Waals surface area contributed by atoms with Crippen molar-refractivity contribution in [2.45, 2.75) is 12.7 Å². The number of carbonyl (C=O) groups is 1. The van der Waals surface area contributed by atoms with Crippen LogP contribution < -0.4 is 0 Å². The highest BCUT2D eigenvalue weighted by Crippen LogP contribution is 2.28. The van der Waals surface area contributed by atoms with E-state index in [0.717, 1.165) is 9.35 Å². The number of carboxylic acid groups (broad SMARTS) is 1. The van der Waals surface area contributed by atoms with Crippen LogP contribution in [0.4, 0.5) is 13.2 Å². The summed E-state index contributed by atoms with van der Waals surface area (Å²) in [6.45, 7) is -0.283. The molecule has 1 aromatic heterocycles. The van der Waals surface area contributed by atoms with Gasteiger partial charge in [0.25, 0.3) is 0 Å². The fraction of sp³-hybridized carbons (Fsp3) is 0.500. The summed E-state index contributed by atoms with van der Waals surface area (Å²) in [7, 11) is 1.47. The van der Waals surface area contributed by atoms with Gasteiger partial charge in [-0.1, -0.05) is 0 Å². The van der Waals surface area contributed by atoms with Gasteiger partial charge in [-0.25, -0.2) is 0 Å². The molecule has 0 spiro atoms. The Balaban J connectivity index is 2.62. The molecule has 0 aliphatic rings. The summed E-state index contributed by atoms with van der Waals surface area (Å²) < 4.78 is 38.3. The summed E-state index contributed by atoms with van der Waals surface area (Å²) in [5.41, 5.74) is 0.848. The first kappa shape index (κ1) is 15.5. The van der Waals surface area contributed by atoms with Crippen molar-refractivity contribution in [3.63, 3.8) is 0 Å². The molecule has 1 atom stereocenters. The predicted octanol–water partition coefficient (Wildman–Crippen LogP) is 3.21. The molecule has 0 saturated carbocycles. The average Bonchev–Trinajstić information content (AvgIpc) is 2.58. The van der Waals surface area contributed by atoms with E-state index in [2.05, 4.69) is 15.9 Å². The minimum atomic E-state index is -4.73. The van der Waals surface area contributed by atoms with Gasteiger partial charge in [-0.15, -0.1) is 11.3 Å². The number of alkyl halides is 3. The van der Waals surface area contributed by atoms with E-state index in [0.29, 0.717) is 0 Å². The lowest BCUT2D eigenvalue weighted by molar-refractivity contribution is -0.196. The first-order valence-corrected chi connectivity index (χ1v) is 6.58. The zero-order valence-electron chi connectivity index (χ0n) is 9.37. The minimum Gasteiger partial charge on any atom is -0.481 e. The maximum Gasteiger partial charge on any atom is 0.403 e. The van der Waals surface area contributed by atoms with Crippen LogP contribution in [-0.4, -0.2) is 35.7 Å². The minimum absolute atomic E-state index is 0.280. The van der Waals surface area contributed by atoms with Gasteiger partial charge in [0.05, 0.1) is 3.79 Å². The van der Waals surface area contributed by atoms with Crippen LogP contribution >= 0.6 is 27.3 Å². The molecular weight excluding hydrogens is 335 g/mol. The van der Waals surface area contributed by atoms with Crippen molar-refractivity contribution >= 4 is 33.2 Å². The van der Waals surface area contributed by atoms with Crippen molar-refractivity contribution in [1.29, 1.82) is 0 Å². The van der Waals surface area contributed by atoms with E-state index < -0.39 is 24.6 Å². The van der Waals surface area contributed by atoms with E-state index in [9.17, 15) is 18.0 Å². The van der Waals surface area contributed by atoms with Crippen LogP contribution in [0.25, 0.3) is 0 Å². The maximum absolute atomic E-state index is 12.5. The largest absolute Gasteiger partial charge is 0.481 e. The van der Waals surface area contributed by atoms with Gasteiger partial charge in [0.15, 0.2) is 5.92 Å². The third kappa shape index (κ3) is 4.58. The Bertz CT molecular complexity index is 422. The zero-order valence-corrected chi connectivity index (χ0v) is 11.8. The van der Waals surface area contributed by atoms with Crippen molar-refractivity contribution in [1.82, 2.24) is 4.90 Å². The monoisotopic (exact) mass is 345 g/mol. The van der Waals surface area contributed by atoms with Crippen molar-refractivity contribution in [2.24, 2.45) is 5.92 Å².